The third kappa shape index (κ3) is 2.13. The first-order chi connectivity index (χ1) is 6.86. The van der Waals surface area contributed by atoms with E-state index in [-0.39, 0.29) is 5.78 Å². The van der Waals surface area contributed by atoms with Crippen LogP contribution in [0.3, 0.4) is 0 Å². The second kappa shape index (κ2) is 4.27. The summed E-state index contributed by atoms with van der Waals surface area (Å²) < 4.78 is 6.19. The zero-order valence-corrected chi connectivity index (χ0v) is 9.06. The van der Waals surface area contributed by atoms with Gasteiger partial charge in [-0.3, -0.25) is 0 Å². The third-order valence-electron chi connectivity index (χ3n) is 1.71. The Balaban J connectivity index is 2.09. The number of carbonyl (C=O) groups excluding carboxylic acids is 1. The second-order valence-corrected chi connectivity index (χ2v) is 4.74. The molecule has 0 bridgehead atoms. The summed E-state index contributed by atoms with van der Waals surface area (Å²) in [5.41, 5.74) is 0. The fraction of sp³-hybridized carbons (Fsp3) is 0. The fourth-order valence-electron chi connectivity index (χ4n) is 1.04. The summed E-state index contributed by atoms with van der Waals surface area (Å²) in [7, 11) is 0. The molecule has 2 aromatic rings. The monoisotopic (exact) mass is 252 g/mol. The van der Waals surface area contributed by atoms with E-state index in [0.717, 1.165) is 0 Å². The van der Waals surface area contributed by atoms with Crippen molar-refractivity contribution in [2.45, 2.75) is 0 Å². The van der Waals surface area contributed by atoms with Gasteiger partial charge in [0.2, 0.25) is 0 Å². The van der Waals surface area contributed by atoms with Crippen molar-refractivity contribution >= 4 is 26.4 Å². The molecule has 0 fully saturated rings. The summed E-state index contributed by atoms with van der Waals surface area (Å²) in [5, 5.41) is 0. The number of rotatable bonds is 3. The van der Waals surface area contributed by atoms with Gasteiger partial charge < -0.3 is 0 Å². The van der Waals surface area contributed by atoms with E-state index in [2.05, 4.69) is 4.94 Å². The maximum absolute atomic E-state index is 11.4. The average molecular weight is 251 g/mol. The zero-order valence-electron chi connectivity index (χ0n) is 7.34. The van der Waals surface area contributed by atoms with Gasteiger partial charge in [-0.1, -0.05) is 0 Å². The molecule has 0 N–H and O–H groups in total. The normalized spacial score (nSPS) is 10.9. The predicted molar refractivity (Wildman–Crippen MR) is 55.5 cm³/mol. The Morgan fingerprint density at radius 1 is 1.36 bits per heavy atom. The van der Waals surface area contributed by atoms with E-state index in [0.29, 0.717) is 20.3 Å². The van der Waals surface area contributed by atoms with Gasteiger partial charge in [-0.2, -0.15) is 0 Å². The Bertz CT molecular complexity index is 424. The molecule has 0 spiro atoms. The molecule has 0 unspecified atom stereocenters. The zero-order chi connectivity index (χ0) is 9.80. The molecule has 14 heavy (non-hydrogen) atoms. The van der Waals surface area contributed by atoms with Crippen molar-refractivity contribution in [2.75, 3.05) is 0 Å². The van der Waals surface area contributed by atoms with E-state index < -0.39 is 0 Å². The van der Waals surface area contributed by atoms with E-state index >= 15 is 0 Å². The SMILES string of the molecule is O=C(C=Cc1ccc[se]1)c1ccco1. The van der Waals surface area contributed by atoms with E-state index in [1.54, 1.807) is 18.2 Å². The predicted octanol–water partition coefficient (Wildman–Crippen LogP) is 2.23. The van der Waals surface area contributed by atoms with Gasteiger partial charge in [0.25, 0.3) is 0 Å². The molecule has 0 aliphatic carbocycles. The summed E-state index contributed by atoms with van der Waals surface area (Å²) in [6, 6.07) is 7.41. The second-order valence-electron chi connectivity index (χ2n) is 2.69. The molecular weight excluding hydrogens is 243 g/mol. The van der Waals surface area contributed by atoms with Gasteiger partial charge in [0.1, 0.15) is 0 Å². The van der Waals surface area contributed by atoms with Crippen LogP contribution in [0.1, 0.15) is 15.0 Å². The van der Waals surface area contributed by atoms with Crippen molar-refractivity contribution in [3.05, 3.63) is 51.7 Å². The number of hydrogen-bond donors (Lipinski definition) is 0. The van der Waals surface area contributed by atoms with Gasteiger partial charge in [0.15, 0.2) is 0 Å². The van der Waals surface area contributed by atoms with Crippen LogP contribution in [0, 0.1) is 0 Å². The van der Waals surface area contributed by atoms with E-state index in [1.165, 1.54) is 10.7 Å². The van der Waals surface area contributed by atoms with Crippen molar-refractivity contribution in [1.29, 1.82) is 0 Å². The van der Waals surface area contributed by atoms with Crippen molar-refractivity contribution in [3.8, 4) is 0 Å². The molecule has 0 saturated heterocycles. The summed E-state index contributed by atoms with van der Waals surface area (Å²) in [6.07, 6.45) is 4.91. The molecule has 2 aromatic heterocycles. The number of carbonyl (C=O) groups is 1. The van der Waals surface area contributed by atoms with Crippen LogP contribution in [0.5, 0.6) is 0 Å². The Hall–Kier alpha value is -1.31. The van der Waals surface area contributed by atoms with E-state index in [4.69, 9.17) is 4.42 Å². The molecule has 70 valence electrons. The number of furan rings is 1. The Morgan fingerprint density at radius 2 is 2.29 bits per heavy atom. The van der Waals surface area contributed by atoms with Crippen LogP contribution in [0.15, 0.2) is 46.0 Å². The number of ketones is 1. The summed E-state index contributed by atoms with van der Waals surface area (Å²) in [5.74, 6) is 0.305. The van der Waals surface area contributed by atoms with Gasteiger partial charge in [-0.05, 0) is 0 Å². The van der Waals surface area contributed by atoms with Crippen LogP contribution in [-0.4, -0.2) is 20.3 Å². The number of allylic oxidation sites excluding steroid dienone is 1. The standard InChI is InChI=1S/C11H8O2Se/c12-10(11-4-1-7-13-11)6-5-9-3-2-8-14-9/h1-8H. The molecule has 0 atom stereocenters. The fourth-order valence-corrected chi connectivity index (χ4v) is 2.34. The minimum absolute atomic E-state index is 0.0846. The first-order valence-electron chi connectivity index (χ1n) is 4.16. The van der Waals surface area contributed by atoms with Crippen molar-refractivity contribution in [3.63, 3.8) is 0 Å². The third-order valence-corrected chi connectivity index (χ3v) is 3.46. The topological polar surface area (TPSA) is 30.2 Å². The summed E-state index contributed by atoms with van der Waals surface area (Å²) >= 11 is 0.389. The first-order valence-corrected chi connectivity index (χ1v) is 6.00. The van der Waals surface area contributed by atoms with Crippen LogP contribution < -0.4 is 0 Å². The number of hydrogen-bond acceptors (Lipinski definition) is 2. The molecule has 0 aliphatic rings. The molecule has 0 saturated carbocycles. The van der Waals surface area contributed by atoms with Crippen molar-refractivity contribution < 1.29 is 9.21 Å². The van der Waals surface area contributed by atoms with Crippen molar-refractivity contribution in [2.24, 2.45) is 0 Å². The van der Waals surface area contributed by atoms with Crippen LogP contribution >= 0.6 is 0 Å². The summed E-state index contributed by atoms with van der Waals surface area (Å²) in [6.45, 7) is 0. The molecule has 2 nitrogen and oxygen atoms in total. The first kappa shape index (κ1) is 9.25. The molecule has 0 radical (unpaired) electrons. The molecule has 0 aromatic carbocycles. The summed E-state index contributed by atoms with van der Waals surface area (Å²) in [4.78, 5) is 13.6. The van der Waals surface area contributed by atoms with E-state index in [1.807, 2.05) is 18.2 Å². The van der Waals surface area contributed by atoms with Gasteiger partial charge in [-0.15, -0.1) is 0 Å². The maximum atomic E-state index is 11.4. The van der Waals surface area contributed by atoms with Crippen LogP contribution in [0.2, 0.25) is 0 Å². The van der Waals surface area contributed by atoms with E-state index in [9.17, 15) is 4.79 Å². The molecule has 3 heteroatoms. The molecule has 2 rings (SSSR count). The molecule has 0 amide bonds. The Kier molecular flexibility index (Phi) is 2.82. The van der Waals surface area contributed by atoms with Gasteiger partial charge in [-0.25, -0.2) is 0 Å². The molecule has 0 aliphatic heterocycles. The molecular formula is C11H8O2Se. The Labute approximate surface area is 87.6 Å². The van der Waals surface area contributed by atoms with Crippen LogP contribution in [0.4, 0.5) is 0 Å². The van der Waals surface area contributed by atoms with Gasteiger partial charge in [0.05, 0.1) is 0 Å². The van der Waals surface area contributed by atoms with Gasteiger partial charge in [0, 0.05) is 0 Å². The minimum atomic E-state index is -0.0846. The molecule has 2 heterocycles. The van der Waals surface area contributed by atoms with Crippen LogP contribution in [0.25, 0.3) is 6.08 Å². The van der Waals surface area contributed by atoms with Crippen LogP contribution in [-0.2, 0) is 0 Å². The van der Waals surface area contributed by atoms with Gasteiger partial charge >= 0.3 is 87.3 Å². The average Bonchev–Trinajstić information content (AvgIpc) is 2.87. The Morgan fingerprint density at radius 3 is 2.93 bits per heavy atom. The quantitative estimate of drug-likeness (QED) is 0.475. The van der Waals surface area contributed by atoms with Crippen molar-refractivity contribution in [1.82, 2.24) is 0 Å².